The van der Waals surface area contributed by atoms with Crippen LogP contribution >= 0.6 is 0 Å². The summed E-state index contributed by atoms with van der Waals surface area (Å²) in [5.74, 6) is 0. The molecular weight excluding hydrogens is 136 g/mol. The monoisotopic (exact) mass is 156 g/mol. The zero-order chi connectivity index (χ0) is 8.32. The summed E-state index contributed by atoms with van der Waals surface area (Å²) in [4.78, 5) is 0. The second-order valence-corrected chi connectivity index (χ2v) is 4.00. The summed E-state index contributed by atoms with van der Waals surface area (Å²) in [5.41, 5.74) is 0.356. The van der Waals surface area contributed by atoms with E-state index in [1.54, 1.807) is 0 Å². The third-order valence-corrected chi connectivity index (χ3v) is 3.06. The van der Waals surface area contributed by atoms with Crippen molar-refractivity contribution in [2.45, 2.75) is 58.5 Å². The molecule has 0 amide bonds. The number of hydrogen-bond donors (Lipinski definition) is 1. The van der Waals surface area contributed by atoms with E-state index in [9.17, 15) is 5.11 Å². The molecule has 1 aliphatic rings. The lowest BCUT2D eigenvalue weighted by molar-refractivity contribution is 0.103. The van der Waals surface area contributed by atoms with Crippen LogP contribution in [0.2, 0.25) is 0 Å². The summed E-state index contributed by atoms with van der Waals surface area (Å²) < 4.78 is 0. The molecule has 0 radical (unpaired) electrons. The zero-order valence-corrected chi connectivity index (χ0v) is 7.77. The minimum Gasteiger partial charge on any atom is -0.393 e. The van der Waals surface area contributed by atoms with Gasteiger partial charge in [0, 0.05) is 0 Å². The van der Waals surface area contributed by atoms with E-state index in [1.165, 1.54) is 38.5 Å². The first kappa shape index (κ1) is 9.05. The lowest BCUT2D eigenvalue weighted by Gasteiger charge is -2.17. The van der Waals surface area contributed by atoms with Gasteiger partial charge in [0.2, 0.25) is 0 Å². The topological polar surface area (TPSA) is 20.2 Å². The summed E-state index contributed by atoms with van der Waals surface area (Å²) in [6, 6.07) is 0. The minimum atomic E-state index is -0.0700. The van der Waals surface area contributed by atoms with Crippen LogP contribution in [0.1, 0.15) is 52.4 Å². The lowest BCUT2D eigenvalue weighted by Crippen LogP contribution is -2.17. The van der Waals surface area contributed by atoms with Gasteiger partial charge < -0.3 is 5.11 Å². The Bertz CT molecular complexity index is 114. The van der Waals surface area contributed by atoms with Crippen LogP contribution in [0.4, 0.5) is 0 Å². The highest BCUT2D eigenvalue weighted by Crippen LogP contribution is 2.52. The number of rotatable bonds is 5. The van der Waals surface area contributed by atoms with Gasteiger partial charge in [-0.1, -0.05) is 26.2 Å². The van der Waals surface area contributed by atoms with E-state index in [0.717, 1.165) is 0 Å². The average Bonchev–Trinajstić information content (AvgIpc) is 2.70. The Hall–Kier alpha value is -0.0400. The summed E-state index contributed by atoms with van der Waals surface area (Å²) in [6.07, 6.45) is 7.62. The SMILES string of the molecule is CCCCCC1(C(C)O)CC1. The van der Waals surface area contributed by atoms with Gasteiger partial charge in [0.25, 0.3) is 0 Å². The number of aliphatic hydroxyl groups excluding tert-OH is 1. The number of unbranched alkanes of at least 4 members (excludes halogenated alkanes) is 2. The fourth-order valence-corrected chi connectivity index (χ4v) is 1.76. The molecule has 1 saturated carbocycles. The molecule has 1 N–H and O–H groups in total. The van der Waals surface area contributed by atoms with Crippen LogP contribution < -0.4 is 0 Å². The number of hydrogen-bond acceptors (Lipinski definition) is 1. The third-order valence-electron chi connectivity index (χ3n) is 3.06. The van der Waals surface area contributed by atoms with E-state index in [4.69, 9.17) is 0 Å². The second-order valence-electron chi connectivity index (χ2n) is 4.00. The van der Waals surface area contributed by atoms with Crippen molar-refractivity contribution in [1.82, 2.24) is 0 Å². The molecule has 0 heterocycles. The largest absolute Gasteiger partial charge is 0.393 e. The summed E-state index contributed by atoms with van der Waals surface area (Å²) >= 11 is 0. The maximum atomic E-state index is 9.44. The minimum absolute atomic E-state index is 0.0700. The van der Waals surface area contributed by atoms with E-state index < -0.39 is 0 Å². The van der Waals surface area contributed by atoms with Gasteiger partial charge in [-0.3, -0.25) is 0 Å². The van der Waals surface area contributed by atoms with Crippen LogP contribution in [-0.2, 0) is 0 Å². The highest BCUT2D eigenvalue weighted by atomic mass is 16.3. The van der Waals surface area contributed by atoms with Gasteiger partial charge in [0.05, 0.1) is 6.10 Å². The second kappa shape index (κ2) is 3.57. The molecule has 1 heteroatoms. The van der Waals surface area contributed by atoms with Gasteiger partial charge in [-0.15, -0.1) is 0 Å². The Kier molecular flexibility index (Phi) is 2.94. The Morgan fingerprint density at radius 3 is 2.36 bits per heavy atom. The highest BCUT2D eigenvalue weighted by molar-refractivity contribution is 4.96. The Morgan fingerprint density at radius 2 is 2.00 bits per heavy atom. The van der Waals surface area contributed by atoms with Crippen LogP contribution in [0.5, 0.6) is 0 Å². The number of aliphatic hydroxyl groups is 1. The predicted molar refractivity (Wildman–Crippen MR) is 47.5 cm³/mol. The molecule has 0 bridgehead atoms. The van der Waals surface area contributed by atoms with E-state index in [2.05, 4.69) is 6.92 Å². The van der Waals surface area contributed by atoms with Crippen LogP contribution in [0.25, 0.3) is 0 Å². The smallest absolute Gasteiger partial charge is 0.0568 e. The Labute approximate surface area is 69.8 Å². The molecule has 1 fully saturated rings. The molecule has 1 unspecified atom stereocenters. The van der Waals surface area contributed by atoms with Gasteiger partial charge in [-0.25, -0.2) is 0 Å². The van der Waals surface area contributed by atoms with Crippen molar-refractivity contribution in [1.29, 1.82) is 0 Å². The van der Waals surface area contributed by atoms with E-state index >= 15 is 0 Å². The molecule has 0 spiro atoms. The predicted octanol–water partition coefficient (Wildman–Crippen LogP) is 2.73. The Morgan fingerprint density at radius 1 is 1.36 bits per heavy atom. The molecule has 1 atom stereocenters. The quantitative estimate of drug-likeness (QED) is 0.607. The van der Waals surface area contributed by atoms with Crippen molar-refractivity contribution >= 4 is 0 Å². The van der Waals surface area contributed by atoms with Crippen molar-refractivity contribution < 1.29 is 5.11 Å². The standard InChI is InChI=1S/C10H20O/c1-3-4-5-6-10(7-8-10)9(2)11/h9,11H,3-8H2,1-2H3. The first-order valence-electron chi connectivity index (χ1n) is 4.89. The third kappa shape index (κ3) is 2.19. The van der Waals surface area contributed by atoms with Crippen LogP contribution in [-0.4, -0.2) is 11.2 Å². The maximum Gasteiger partial charge on any atom is 0.0568 e. The van der Waals surface area contributed by atoms with Gasteiger partial charge in [0.15, 0.2) is 0 Å². The van der Waals surface area contributed by atoms with E-state index in [-0.39, 0.29) is 6.10 Å². The Balaban J connectivity index is 2.14. The molecule has 1 rings (SSSR count). The summed E-state index contributed by atoms with van der Waals surface area (Å²) in [6.45, 7) is 4.17. The normalized spacial score (nSPS) is 23.2. The van der Waals surface area contributed by atoms with Gasteiger partial charge in [-0.05, 0) is 31.6 Å². The fraction of sp³-hybridized carbons (Fsp3) is 1.00. The molecule has 0 aromatic heterocycles. The molecule has 66 valence electrons. The average molecular weight is 156 g/mol. The highest BCUT2D eigenvalue weighted by Gasteiger charge is 2.45. The molecule has 0 saturated heterocycles. The summed E-state index contributed by atoms with van der Waals surface area (Å²) in [5, 5.41) is 9.44. The fourth-order valence-electron chi connectivity index (χ4n) is 1.76. The molecule has 1 nitrogen and oxygen atoms in total. The van der Waals surface area contributed by atoms with Crippen molar-refractivity contribution in [2.24, 2.45) is 5.41 Å². The zero-order valence-electron chi connectivity index (χ0n) is 7.77. The maximum absolute atomic E-state index is 9.44. The lowest BCUT2D eigenvalue weighted by atomic mass is 9.93. The van der Waals surface area contributed by atoms with Crippen molar-refractivity contribution in [2.75, 3.05) is 0 Å². The molecule has 11 heavy (non-hydrogen) atoms. The molecule has 1 aliphatic carbocycles. The summed E-state index contributed by atoms with van der Waals surface area (Å²) in [7, 11) is 0. The van der Waals surface area contributed by atoms with Crippen molar-refractivity contribution in [3.63, 3.8) is 0 Å². The van der Waals surface area contributed by atoms with Crippen molar-refractivity contribution in [3.05, 3.63) is 0 Å². The van der Waals surface area contributed by atoms with Crippen LogP contribution in [0.3, 0.4) is 0 Å². The van der Waals surface area contributed by atoms with Gasteiger partial charge >= 0.3 is 0 Å². The van der Waals surface area contributed by atoms with E-state index in [1.807, 2.05) is 6.92 Å². The van der Waals surface area contributed by atoms with E-state index in [0.29, 0.717) is 5.41 Å². The van der Waals surface area contributed by atoms with Crippen LogP contribution in [0, 0.1) is 5.41 Å². The van der Waals surface area contributed by atoms with Crippen molar-refractivity contribution in [3.8, 4) is 0 Å². The first-order valence-corrected chi connectivity index (χ1v) is 4.89. The molecule has 0 aromatic carbocycles. The van der Waals surface area contributed by atoms with Crippen LogP contribution in [0.15, 0.2) is 0 Å². The van der Waals surface area contributed by atoms with Gasteiger partial charge in [-0.2, -0.15) is 0 Å². The molecule has 0 aliphatic heterocycles. The molecular formula is C10H20O. The first-order chi connectivity index (χ1) is 5.21. The molecule has 0 aromatic rings. The van der Waals surface area contributed by atoms with Gasteiger partial charge in [0.1, 0.15) is 0 Å².